The van der Waals surface area contributed by atoms with E-state index in [4.69, 9.17) is 10.5 Å². The van der Waals surface area contributed by atoms with Gasteiger partial charge in [0.25, 0.3) is 0 Å². The number of hydrogen-bond acceptors (Lipinski definition) is 3. The normalized spacial score (nSPS) is 11.9. The van der Waals surface area contributed by atoms with E-state index in [1.165, 1.54) is 7.11 Å². The van der Waals surface area contributed by atoms with Crippen molar-refractivity contribution in [3.8, 4) is 0 Å². The summed E-state index contributed by atoms with van der Waals surface area (Å²) in [6.07, 6.45) is 0.386. The molecule has 0 aromatic heterocycles. The van der Waals surface area contributed by atoms with Gasteiger partial charge in [0.05, 0.1) is 0 Å². The van der Waals surface area contributed by atoms with Gasteiger partial charge in [-0.3, -0.25) is 9.59 Å². The number of rotatable bonds is 6. The number of benzene rings is 1. The number of carbonyl (C=O) groups is 2. The van der Waals surface area contributed by atoms with Crippen molar-refractivity contribution < 1.29 is 14.3 Å². The number of primary amides is 1. The van der Waals surface area contributed by atoms with E-state index in [1.807, 2.05) is 31.2 Å². The quantitative estimate of drug-likeness (QED) is 0.754. The standard InChI is InChI=1S/C13H18N2O3/c1-9-5-3-4-6-10(9)7-11(13(14)17)15-12(16)8-18-2/h3-6,11H,7-8H2,1-2H3,(H2,14,17)(H,15,16)/t11-/m1/s1. The van der Waals surface area contributed by atoms with E-state index in [-0.39, 0.29) is 12.5 Å². The maximum Gasteiger partial charge on any atom is 0.246 e. The van der Waals surface area contributed by atoms with Gasteiger partial charge in [-0.25, -0.2) is 0 Å². The Morgan fingerprint density at radius 3 is 2.61 bits per heavy atom. The molecule has 0 heterocycles. The van der Waals surface area contributed by atoms with Crippen LogP contribution in [0.3, 0.4) is 0 Å². The molecule has 5 nitrogen and oxygen atoms in total. The SMILES string of the molecule is COCC(=O)N[C@H](Cc1ccccc1C)C(N)=O. The molecule has 0 unspecified atom stereocenters. The maximum atomic E-state index is 11.4. The van der Waals surface area contributed by atoms with Gasteiger partial charge in [0.15, 0.2) is 0 Å². The number of carbonyl (C=O) groups excluding carboxylic acids is 2. The molecule has 2 amide bonds. The molecule has 1 rings (SSSR count). The Bertz CT molecular complexity index is 432. The molecule has 1 aromatic carbocycles. The van der Waals surface area contributed by atoms with Gasteiger partial charge in [0.2, 0.25) is 11.8 Å². The summed E-state index contributed by atoms with van der Waals surface area (Å²) in [6.45, 7) is 1.86. The van der Waals surface area contributed by atoms with Crippen LogP contribution in [-0.2, 0) is 20.7 Å². The highest BCUT2D eigenvalue weighted by Crippen LogP contribution is 2.09. The van der Waals surface area contributed by atoms with Crippen LogP contribution < -0.4 is 11.1 Å². The summed E-state index contributed by atoms with van der Waals surface area (Å²) in [4.78, 5) is 22.7. The first kappa shape index (κ1) is 14.2. The van der Waals surface area contributed by atoms with Gasteiger partial charge in [0, 0.05) is 13.5 Å². The number of methoxy groups -OCH3 is 1. The fraction of sp³-hybridized carbons (Fsp3) is 0.385. The van der Waals surface area contributed by atoms with Gasteiger partial charge in [-0.2, -0.15) is 0 Å². The third kappa shape index (κ3) is 4.18. The summed E-state index contributed by atoms with van der Waals surface area (Å²) in [5.41, 5.74) is 7.33. The van der Waals surface area contributed by atoms with Crippen LogP contribution in [0.4, 0.5) is 0 Å². The molecular formula is C13H18N2O3. The lowest BCUT2D eigenvalue weighted by Gasteiger charge is -2.16. The monoisotopic (exact) mass is 250 g/mol. The van der Waals surface area contributed by atoms with Gasteiger partial charge >= 0.3 is 0 Å². The van der Waals surface area contributed by atoms with Gasteiger partial charge < -0.3 is 15.8 Å². The number of hydrogen-bond donors (Lipinski definition) is 2. The molecule has 1 aromatic rings. The first-order valence-corrected chi connectivity index (χ1v) is 5.66. The zero-order valence-corrected chi connectivity index (χ0v) is 10.6. The summed E-state index contributed by atoms with van der Waals surface area (Å²) >= 11 is 0. The number of aryl methyl sites for hydroxylation is 1. The number of nitrogens with two attached hydrogens (primary N) is 1. The van der Waals surface area contributed by atoms with E-state index < -0.39 is 11.9 Å². The summed E-state index contributed by atoms with van der Waals surface area (Å²) in [5.74, 6) is -0.905. The van der Waals surface area contributed by atoms with Crippen LogP contribution in [0, 0.1) is 6.92 Å². The lowest BCUT2D eigenvalue weighted by Crippen LogP contribution is -2.47. The molecule has 5 heteroatoms. The molecule has 0 spiro atoms. The fourth-order valence-corrected chi connectivity index (χ4v) is 1.65. The highest BCUT2D eigenvalue weighted by Gasteiger charge is 2.18. The van der Waals surface area contributed by atoms with Gasteiger partial charge in [-0.15, -0.1) is 0 Å². The summed E-state index contributed by atoms with van der Waals surface area (Å²) in [7, 11) is 1.42. The Morgan fingerprint density at radius 1 is 1.39 bits per heavy atom. The average Bonchev–Trinajstić information content (AvgIpc) is 2.31. The molecular weight excluding hydrogens is 232 g/mol. The molecule has 0 aliphatic carbocycles. The first-order chi connectivity index (χ1) is 8.54. The topological polar surface area (TPSA) is 81.4 Å². The van der Waals surface area contributed by atoms with Crippen molar-refractivity contribution in [3.63, 3.8) is 0 Å². The summed E-state index contributed by atoms with van der Waals surface area (Å²) in [6, 6.07) is 6.95. The minimum absolute atomic E-state index is 0.0858. The van der Waals surface area contributed by atoms with Crippen LogP contribution in [0.1, 0.15) is 11.1 Å². The van der Waals surface area contributed by atoms with Crippen molar-refractivity contribution in [2.45, 2.75) is 19.4 Å². The minimum atomic E-state index is -0.714. The summed E-state index contributed by atoms with van der Waals surface area (Å²) in [5, 5.41) is 2.55. The van der Waals surface area contributed by atoms with Crippen LogP contribution in [-0.4, -0.2) is 31.6 Å². The van der Waals surface area contributed by atoms with Crippen LogP contribution in [0.15, 0.2) is 24.3 Å². The second-order valence-corrected chi connectivity index (χ2v) is 4.09. The van der Waals surface area contributed by atoms with Gasteiger partial charge in [0.1, 0.15) is 12.6 Å². The molecule has 0 aliphatic rings. The first-order valence-electron chi connectivity index (χ1n) is 5.66. The largest absolute Gasteiger partial charge is 0.375 e. The van der Waals surface area contributed by atoms with Crippen LogP contribution in [0.5, 0.6) is 0 Å². The molecule has 0 aliphatic heterocycles. The van der Waals surface area contributed by atoms with Crippen molar-refractivity contribution in [2.24, 2.45) is 5.73 Å². The lowest BCUT2D eigenvalue weighted by atomic mass is 10.0. The molecule has 3 N–H and O–H groups in total. The molecule has 98 valence electrons. The molecule has 0 bridgehead atoms. The maximum absolute atomic E-state index is 11.4. The Labute approximate surface area is 106 Å². The Kier molecular flexibility index (Phi) is 5.32. The molecule has 0 radical (unpaired) electrons. The smallest absolute Gasteiger partial charge is 0.246 e. The van der Waals surface area contributed by atoms with Crippen molar-refractivity contribution in [2.75, 3.05) is 13.7 Å². The minimum Gasteiger partial charge on any atom is -0.375 e. The van der Waals surface area contributed by atoms with E-state index in [9.17, 15) is 9.59 Å². The van der Waals surface area contributed by atoms with E-state index in [1.54, 1.807) is 0 Å². The highest BCUT2D eigenvalue weighted by molar-refractivity contribution is 5.87. The number of nitrogens with one attached hydrogen (secondary N) is 1. The predicted molar refractivity (Wildman–Crippen MR) is 67.9 cm³/mol. The van der Waals surface area contributed by atoms with Crippen molar-refractivity contribution in [1.29, 1.82) is 0 Å². The van der Waals surface area contributed by atoms with E-state index in [0.717, 1.165) is 11.1 Å². The van der Waals surface area contributed by atoms with Crippen LogP contribution in [0.25, 0.3) is 0 Å². The second kappa shape index (κ2) is 6.76. The number of amides is 2. The van der Waals surface area contributed by atoms with Crippen molar-refractivity contribution in [1.82, 2.24) is 5.32 Å². The van der Waals surface area contributed by atoms with Crippen molar-refractivity contribution in [3.05, 3.63) is 35.4 Å². The lowest BCUT2D eigenvalue weighted by molar-refractivity contribution is -0.129. The third-order valence-corrected chi connectivity index (χ3v) is 2.64. The molecule has 0 saturated carbocycles. The third-order valence-electron chi connectivity index (χ3n) is 2.64. The Morgan fingerprint density at radius 2 is 2.06 bits per heavy atom. The zero-order chi connectivity index (χ0) is 13.5. The molecule has 0 fully saturated rings. The fourth-order valence-electron chi connectivity index (χ4n) is 1.65. The molecule has 18 heavy (non-hydrogen) atoms. The predicted octanol–water partition coefficient (Wildman–Crippen LogP) is 0.154. The average molecular weight is 250 g/mol. The summed E-state index contributed by atoms with van der Waals surface area (Å²) < 4.78 is 4.69. The zero-order valence-electron chi connectivity index (χ0n) is 10.6. The van der Waals surface area contributed by atoms with Crippen LogP contribution >= 0.6 is 0 Å². The Hall–Kier alpha value is -1.88. The Balaban J connectivity index is 2.72. The van der Waals surface area contributed by atoms with Gasteiger partial charge in [-0.1, -0.05) is 24.3 Å². The van der Waals surface area contributed by atoms with E-state index in [2.05, 4.69) is 5.32 Å². The molecule has 0 saturated heterocycles. The van der Waals surface area contributed by atoms with Crippen molar-refractivity contribution >= 4 is 11.8 Å². The number of ether oxygens (including phenoxy) is 1. The second-order valence-electron chi connectivity index (χ2n) is 4.09. The van der Waals surface area contributed by atoms with Gasteiger partial charge in [-0.05, 0) is 18.1 Å². The molecule has 1 atom stereocenters. The van der Waals surface area contributed by atoms with E-state index >= 15 is 0 Å². The highest BCUT2D eigenvalue weighted by atomic mass is 16.5. The van der Waals surface area contributed by atoms with Crippen LogP contribution in [0.2, 0.25) is 0 Å². The van der Waals surface area contributed by atoms with E-state index in [0.29, 0.717) is 6.42 Å².